The molecule has 1 unspecified atom stereocenters. The van der Waals surface area contributed by atoms with Crippen LogP contribution >= 0.6 is 0 Å². The molecule has 1 atom stereocenters. The second kappa shape index (κ2) is 2.36. The quantitative estimate of drug-likeness (QED) is 0.519. The van der Waals surface area contributed by atoms with Gasteiger partial charge >= 0.3 is 0 Å². The summed E-state index contributed by atoms with van der Waals surface area (Å²) in [6.07, 6.45) is 7.05. The van der Waals surface area contributed by atoms with Crippen LogP contribution in [-0.2, 0) is 0 Å². The van der Waals surface area contributed by atoms with E-state index in [1.807, 2.05) is 19.9 Å². The van der Waals surface area contributed by atoms with Crippen LogP contribution in [0.3, 0.4) is 0 Å². The van der Waals surface area contributed by atoms with Gasteiger partial charge in [0.2, 0.25) is 0 Å². The second-order valence-electron chi connectivity index (χ2n) is 2.33. The summed E-state index contributed by atoms with van der Waals surface area (Å²) in [4.78, 5) is 0. The first-order valence-electron chi connectivity index (χ1n) is 3.04. The van der Waals surface area contributed by atoms with Gasteiger partial charge in [0, 0.05) is 5.92 Å². The van der Waals surface area contributed by atoms with E-state index in [4.69, 9.17) is 0 Å². The third-order valence-electron chi connectivity index (χ3n) is 1.48. The number of hydrogen-bond donors (Lipinski definition) is 1. The van der Waals surface area contributed by atoms with Gasteiger partial charge in [-0.3, -0.25) is 0 Å². The lowest BCUT2D eigenvalue weighted by Crippen LogP contribution is -2.09. The molecule has 1 aliphatic rings. The smallest absolute Gasteiger partial charge is 0.125 e. The van der Waals surface area contributed by atoms with Crippen LogP contribution in [-0.4, -0.2) is 5.11 Å². The monoisotopic (exact) mass is 122 g/mol. The van der Waals surface area contributed by atoms with Gasteiger partial charge in [0.05, 0.1) is 0 Å². The van der Waals surface area contributed by atoms with E-state index in [9.17, 15) is 5.11 Å². The van der Waals surface area contributed by atoms with E-state index in [0.717, 1.165) is 5.57 Å². The molecule has 0 heterocycles. The van der Waals surface area contributed by atoms with Gasteiger partial charge in [-0.25, -0.2) is 0 Å². The molecule has 1 aliphatic carbocycles. The zero-order chi connectivity index (χ0) is 6.85. The SMILES string of the molecule is CC1=C[C]=CC(C)[C]1O. The molecule has 0 amide bonds. The minimum absolute atomic E-state index is 0.148. The van der Waals surface area contributed by atoms with Crippen molar-refractivity contribution in [2.75, 3.05) is 0 Å². The lowest BCUT2D eigenvalue weighted by Gasteiger charge is -2.16. The topological polar surface area (TPSA) is 20.2 Å². The van der Waals surface area contributed by atoms with Crippen LogP contribution < -0.4 is 0 Å². The van der Waals surface area contributed by atoms with Crippen molar-refractivity contribution in [3.05, 3.63) is 29.9 Å². The van der Waals surface area contributed by atoms with Gasteiger partial charge in [-0.15, -0.1) is 0 Å². The zero-order valence-electron chi connectivity index (χ0n) is 5.68. The Kier molecular flexibility index (Phi) is 1.72. The fourth-order valence-electron chi connectivity index (χ4n) is 0.829. The molecule has 1 rings (SSSR count). The lowest BCUT2D eigenvalue weighted by atomic mass is 9.94. The van der Waals surface area contributed by atoms with Gasteiger partial charge in [0.25, 0.3) is 0 Å². The molecule has 0 spiro atoms. The Morgan fingerprint density at radius 1 is 1.67 bits per heavy atom. The molecule has 0 aromatic rings. The second-order valence-corrected chi connectivity index (χ2v) is 2.33. The highest BCUT2D eigenvalue weighted by atomic mass is 16.3. The van der Waals surface area contributed by atoms with E-state index in [1.54, 1.807) is 6.08 Å². The van der Waals surface area contributed by atoms with E-state index >= 15 is 0 Å². The fraction of sp³-hybridized carbons (Fsp3) is 0.375. The Bertz CT molecular complexity index is 156. The Morgan fingerprint density at radius 3 is 2.78 bits per heavy atom. The summed E-state index contributed by atoms with van der Waals surface area (Å²) >= 11 is 0. The van der Waals surface area contributed by atoms with Gasteiger partial charge in [0.15, 0.2) is 0 Å². The molecule has 0 saturated heterocycles. The molecule has 1 heteroatoms. The Morgan fingerprint density at radius 2 is 2.33 bits per heavy atom. The van der Waals surface area contributed by atoms with Crippen molar-refractivity contribution in [1.29, 1.82) is 0 Å². The van der Waals surface area contributed by atoms with Gasteiger partial charge in [-0.1, -0.05) is 19.1 Å². The van der Waals surface area contributed by atoms with Crippen LogP contribution in [0.25, 0.3) is 0 Å². The van der Waals surface area contributed by atoms with Crippen molar-refractivity contribution in [2.24, 2.45) is 5.92 Å². The van der Waals surface area contributed by atoms with E-state index in [1.165, 1.54) is 0 Å². The van der Waals surface area contributed by atoms with Crippen molar-refractivity contribution in [3.63, 3.8) is 0 Å². The highest BCUT2D eigenvalue weighted by Gasteiger charge is 2.16. The van der Waals surface area contributed by atoms with E-state index in [0.29, 0.717) is 6.10 Å². The van der Waals surface area contributed by atoms with Crippen LogP contribution in [0.2, 0.25) is 0 Å². The fourth-order valence-corrected chi connectivity index (χ4v) is 0.829. The predicted octanol–water partition coefficient (Wildman–Crippen LogP) is 1.85. The largest absolute Gasteiger partial charge is 0.381 e. The van der Waals surface area contributed by atoms with Gasteiger partial charge in [0.1, 0.15) is 6.10 Å². The van der Waals surface area contributed by atoms with Crippen molar-refractivity contribution >= 4 is 0 Å². The van der Waals surface area contributed by atoms with Crippen LogP contribution in [0.15, 0.2) is 17.7 Å². The Hall–Kier alpha value is -0.560. The molecule has 9 heavy (non-hydrogen) atoms. The van der Waals surface area contributed by atoms with Crippen LogP contribution in [0.1, 0.15) is 13.8 Å². The molecule has 0 aromatic carbocycles. The first kappa shape index (κ1) is 6.56. The summed E-state index contributed by atoms with van der Waals surface area (Å²) in [5.74, 6) is 0.148. The average molecular weight is 122 g/mol. The normalized spacial score (nSPS) is 28.3. The summed E-state index contributed by atoms with van der Waals surface area (Å²) in [6.45, 7) is 3.82. The van der Waals surface area contributed by atoms with Gasteiger partial charge in [-0.2, -0.15) is 0 Å². The molecule has 0 aromatic heterocycles. The zero-order valence-corrected chi connectivity index (χ0v) is 5.68. The molecular formula is C8H10O. The van der Waals surface area contributed by atoms with Crippen LogP contribution in [0, 0.1) is 18.1 Å². The minimum atomic E-state index is 0.148. The van der Waals surface area contributed by atoms with Crippen molar-refractivity contribution in [2.45, 2.75) is 13.8 Å². The number of aliphatic hydroxyl groups excluding tert-OH is 1. The highest BCUT2D eigenvalue weighted by Crippen LogP contribution is 2.23. The highest BCUT2D eigenvalue weighted by molar-refractivity contribution is 5.27. The standard InChI is InChI=1S/C8H10O/c1-6-4-3-5-7(2)8(6)9/h4-6,9H,1-2H3. The summed E-state index contributed by atoms with van der Waals surface area (Å²) in [6, 6.07) is 0. The molecule has 0 bridgehead atoms. The molecule has 0 aliphatic heterocycles. The third-order valence-corrected chi connectivity index (χ3v) is 1.48. The minimum Gasteiger partial charge on any atom is -0.381 e. The first-order chi connectivity index (χ1) is 4.22. The lowest BCUT2D eigenvalue weighted by molar-refractivity contribution is 0.281. The van der Waals surface area contributed by atoms with Crippen LogP contribution in [0.5, 0.6) is 0 Å². The molecule has 48 valence electrons. The van der Waals surface area contributed by atoms with Crippen molar-refractivity contribution in [3.8, 4) is 0 Å². The van der Waals surface area contributed by atoms with Gasteiger partial charge in [-0.05, 0) is 18.6 Å². The maximum atomic E-state index is 9.22. The molecule has 0 saturated carbocycles. The molecular weight excluding hydrogens is 112 g/mol. The average Bonchev–Trinajstić information content (AvgIpc) is 1.83. The maximum absolute atomic E-state index is 9.22. The van der Waals surface area contributed by atoms with E-state index in [2.05, 4.69) is 6.08 Å². The summed E-state index contributed by atoms with van der Waals surface area (Å²) in [5.41, 5.74) is 0.921. The number of rotatable bonds is 0. The molecule has 0 fully saturated rings. The van der Waals surface area contributed by atoms with E-state index < -0.39 is 0 Å². The molecule has 1 nitrogen and oxygen atoms in total. The van der Waals surface area contributed by atoms with Crippen LogP contribution in [0.4, 0.5) is 0 Å². The Labute approximate surface area is 55.7 Å². The summed E-state index contributed by atoms with van der Waals surface area (Å²) < 4.78 is 0. The van der Waals surface area contributed by atoms with Gasteiger partial charge < -0.3 is 5.11 Å². The predicted molar refractivity (Wildman–Crippen MR) is 35.9 cm³/mol. The third kappa shape index (κ3) is 1.22. The maximum Gasteiger partial charge on any atom is 0.125 e. The van der Waals surface area contributed by atoms with E-state index in [-0.39, 0.29) is 5.92 Å². The first-order valence-corrected chi connectivity index (χ1v) is 3.04. The number of allylic oxidation sites excluding steroid dienone is 2. The summed E-state index contributed by atoms with van der Waals surface area (Å²) in [5, 5.41) is 9.22. The number of aliphatic hydroxyl groups is 1. The molecule has 2 radical (unpaired) electrons. The Balaban J connectivity index is 2.73. The van der Waals surface area contributed by atoms with Crippen molar-refractivity contribution < 1.29 is 5.11 Å². The summed E-state index contributed by atoms with van der Waals surface area (Å²) in [7, 11) is 0. The van der Waals surface area contributed by atoms with Crippen molar-refractivity contribution in [1.82, 2.24) is 0 Å². The number of hydrogen-bond acceptors (Lipinski definition) is 1. The molecule has 1 N–H and O–H groups in total.